The largest absolute Gasteiger partial charge is 0.449 e. The molecule has 0 saturated carbocycles. The van der Waals surface area contributed by atoms with Gasteiger partial charge in [0.05, 0.1) is 5.56 Å². The van der Waals surface area contributed by atoms with E-state index in [9.17, 15) is 4.79 Å². The molecule has 1 aromatic heterocycles. The second-order valence-electron chi connectivity index (χ2n) is 7.16. The highest BCUT2D eigenvalue weighted by molar-refractivity contribution is 6.30. The van der Waals surface area contributed by atoms with E-state index in [1.165, 1.54) is 28.5 Å². The summed E-state index contributed by atoms with van der Waals surface area (Å²) in [7, 11) is 0. The SMILES string of the molecule is N#Cc1cnc(Cl)c(C=CCCNC(=O)OCC2c3ccccc3-c3ccccc32)c1. The van der Waals surface area contributed by atoms with E-state index in [-0.39, 0.29) is 12.5 Å². The fourth-order valence-corrected chi connectivity index (χ4v) is 3.93. The number of nitriles is 1. The van der Waals surface area contributed by atoms with Crippen molar-refractivity contribution in [3.63, 3.8) is 0 Å². The van der Waals surface area contributed by atoms with Crippen LogP contribution in [0, 0.1) is 11.3 Å². The quantitative estimate of drug-likeness (QED) is 0.411. The van der Waals surface area contributed by atoms with Gasteiger partial charge in [-0.05, 0) is 34.7 Å². The highest BCUT2D eigenvalue weighted by atomic mass is 35.5. The van der Waals surface area contributed by atoms with Crippen molar-refractivity contribution >= 4 is 23.8 Å². The normalized spacial score (nSPS) is 12.3. The third kappa shape index (κ3) is 4.60. The Morgan fingerprint density at radius 1 is 1.16 bits per heavy atom. The van der Waals surface area contributed by atoms with Gasteiger partial charge in [-0.1, -0.05) is 72.3 Å². The number of nitrogens with zero attached hydrogens (tertiary/aromatic N) is 2. The molecule has 0 bridgehead atoms. The third-order valence-electron chi connectivity index (χ3n) is 5.22. The van der Waals surface area contributed by atoms with Gasteiger partial charge in [0.25, 0.3) is 0 Å². The van der Waals surface area contributed by atoms with E-state index >= 15 is 0 Å². The number of alkyl carbamates (subject to hydrolysis) is 1. The minimum atomic E-state index is -0.443. The van der Waals surface area contributed by atoms with Gasteiger partial charge in [0.15, 0.2) is 0 Å². The predicted molar refractivity (Wildman–Crippen MR) is 121 cm³/mol. The Labute approximate surface area is 186 Å². The first-order chi connectivity index (χ1) is 15.2. The molecule has 0 saturated heterocycles. The van der Waals surface area contributed by atoms with Crippen LogP contribution in [0.5, 0.6) is 0 Å². The highest BCUT2D eigenvalue weighted by Crippen LogP contribution is 2.44. The van der Waals surface area contributed by atoms with Crippen molar-refractivity contribution in [3.8, 4) is 17.2 Å². The molecule has 2 aromatic carbocycles. The summed E-state index contributed by atoms with van der Waals surface area (Å²) in [6.45, 7) is 0.716. The van der Waals surface area contributed by atoms with Gasteiger partial charge in [0.1, 0.15) is 17.8 Å². The topological polar surface area (TPSA) is 75.0 Å². The molecule has 4 rings (SSSR count). The number of ether oxygens (including phenoxy) is 1. The van der Waals surface area contributed by atoms with Gasteiger partial charge in [0, 0.05) is 24.2 Å². The minimum Gasteiger partial charge on any atom is -0.449 e. The molecule has 0 fully saturated rings. The lowest BCUT2D eigenvalue weighted by Gasteiger charge is -2.14. The van der Waals surface area contributed by atoms with Crippen molar-refractivity contribution in [1.29, 1.82) is 5.26 Å². The van der Waals surface area contributed by atoms with E-state index in [0.717, 1.165) is 0 Å². The number of carbonyl (C=O) groups excluding carboxylic acids is 1. The molecule has 154 valence electrons. The second-order valence-corrected chi connectivity index (χ2v) is 7.52. The van der Waals surface area contributed by atoms with E-state index in [4.69, 9.17) is 21.6 Å². The Kier molecular flexibility index (Phi) is 6.30. The second kappa shape index (κ2) is 9.46. The first kappa shape index (κ1) is 20.6. The number of amides is 1. The smallest absolute Gasteiger partial charge is 0.407 e. The Morgan fingerprint density at radius 3 is 2.52 bits per heavy atom. The van der Waals surface area contributed by atoms with E-state index in [0.29, 0.717) is 29.2 Å². The van der Waals surface area contributed by atoms with Gasteiger partial charge in [0.2, 0.25) is 0 Å². The summed E-state index contributed by atoms with van der Waals surface area (Å²) in [6, 6.07) is 20.2. The number of hydrogen-bond donors (Lipinski definition) is 1. The van der Waals surface area contributed by atoms with Crippen LogP contribution in [0.3, 0.4) is 0 Å². The molecule has 0 atom stereocenters. The van der Waals surface area contributed by atoms with Crippen LogP contribution in [0.15, 0.2) is 66.9 Å². The van der Waals surface area contributed by atoms with Crippen LogP contribution in [0.25, 0.3) is 17.2 Å². The predicted octanol–water partition coefficient (Wildman–Crippen LogP) is 5.55. The van der Waals surface area contributed by atoms with Crippen LogP contribution < -0.4 is 5.32 Å². The van der Waals surface area contributed by atoms with Gasteiger partial charge in [-0.3, -0.25) is 0 Å². The number of carbonyl (C=O) groups is 1. The molecule has 1 aliphatic carbocycles. The van der Waals surface area contributed by atoms with Crippen LogP contribution in [-0.4, -0.2) is 24.2 Å². The average Bonchev–Trinajstić information content (AvgIpc) is 3.12. The number of fused-ring (bicyclic) bond motifs is 3. The van der Waals surface area contributed by atoms with Crippen LogP contribution in [0.1, 0.15) is 34.6 Å². The lowest BCUT2D eigenvalue weighted by Crippen LogP contribution is -2.26. The average molecular weight is 430 g/mol. The minimum absolute atomic E-state index is 0.0418. The Morgan fingerprint density at radius 2 is 1.84 bits per heavy atom. The molecule has 1 aliphatic rings. The van der Waals surface area contributed by atoms with Crippen molar-refractivity contribution in [2.45, 2.75) is 12.3 Å². The lowest BCUT2D eigenvalue weighted by molar-refractivity contribution is 0.143. The van der Waals surface area contributed by atoms with Gasteiger partial charge in [-0.15, -0.1) is 0 Å². The van der Waals surface area contributed by atoms with Crippen LogP contribution >= 0.6 is 11.6 Å². The monoisotopic (exact) mass is 429 g/mol. The summed E-state index contributed by atoms with van der Waals surface area (Å²) in [5, 5.41) is 12.0. The molecular weight excluding hydrogens is 410 g/mol. The summed E-state index contributed by atoms with van der Waals surface area (Å²) >= 11 is 6.03. The third-order valence-corrected chi connectivity index (χ3v) is 5.53. The van der Waals surface area contributed by atoms with E-state index in [2.05, 4.69) is 34.6 Å². The van der Waals surface area contributed by atoms with E-state index < -0.39 is 6.09 Å². The summed E-state index contributed by atoms with van der Waals surface area (Å²) in [5.74, 6) is 0.0418. The molecule has 0 unspecified atom stereocenters. The summed E-state index contributed by atoms with van der Waals surface area (Å²) in [5.41, 5.74) is 5.88. The summed E-state index contributed by atoms with van der Waals surface area (Å²) in [4.78, 5) is 16.1. The van der Waals surface area contributed by atoms with Gasteiger partial charge in [-0.2, -0.15) is 5.26 Å². The maximum atomic E-state index is 12.2. The lowest BCUT2D eigenvalue weighted by atomic mass is 9.98. The van der Waals surface area contributed by atoms with Crippen LogP contribution in [0.2, 0.25) is 5.15 Å². The molecular formula is C25H20ClN3O2. The first-order valence-corrected chi connectivity index (χ1v) is 10.4. The molecule has 6 heteroatoms. The van der Waals surface area contributed by atoms with Crippen molar-refractivity contribution in [3.05, 3.63) is 94.3 Å². The zero-order chi connectivity index (χ0) is 21.6. The molecule has 1 amide bonds. The van der Waals surface area contributed by atoms with Crippen molar-refractivity contribution in [1.82, 2.24) is 10.3 Å². The summed E-state index contributed by atoms with van der Waals surface area (Å²) in [6.07, 6.45) is 5.24. The Hall–Kier alpha value is -3.62. The number of nitrogens with one attached hydrogen (secondary N) is 1. The van der Waals surface area contributed by atoms with Crippen molar-refractivity contribution in [2.24, 2.45) is 0 Å². The number of rotatable bonds is 6. The van der Waals surface area contributed by atoms with E-state index in [1.54, 1.807) is 12.1 Å². The molecule has 1 N–H and O–H groups in total. The molecule has 0 aliphatic heterocycles. The Balaban J connectivity index is 1.28. The van der Waals surface area contributed by atoms with Crippen LogP contribution in [0.4, 0.5) is 4.79 Å². The first-order valence-electron chi connectivity index (χ1n) is 9.98. The molecule has 0 radical (unpaired) electrons. The Bertz CT molecular complexity index is 1140. The molecule has 0 spiro atoms. The molecule has 3 aromatic rings. The van der Waals surface area contributed by atoms with Crippen LogP contribution in [-0.2, 0) is 4.74 Å². The maximum Gasteiger partial charge on any atom is 0.407 e. The molecule has 1 heterocycles. The maximum absolute atomic E-state index is 12.2. The standard InChI is InChI=1S/C25H20ClN3O2/c26-24-18(13-17(14-27)15-29-24)7-5-6-12-28-25(30)31-16-23-21-10-3-1-8-19(21)20-9-2-4-11-22(20)23/h1-5,7-11,13,15,23H,6,12,16H2,(H,28,30). The number of hydrogen-bond acceptors (Lipinski definition) is 4. The van der Waals surface area contributed by atoms with Crippen molar-refractivity contribution in [2.75, 3.05) is 13.2 Å². The molecule has 5 nitrogen and oxygen atoms in total. The number of aromatic nitrogens is 1. The number of pyridine rings is 1. The zero-order valence-corrected chi connectivity index (χ0v) is 17.5. The van der Waals surface area contributed by atoms with Gasteiger partial charge < -0.3 is 10.1 Å². The van der Waals surface area contributed by atoms with Crippen molar-refractivity contribution < 1.29 is 9.53 Å². The zero-order valence-electron chi connectivity index (χ0n) is 16.7. The summed E-state index contributed by atoms with van der Waals surface area (Å²) < 4.78 is 5.51. The number of benzene rings is 2. The van der Waals surface area contributed by atoms with Gasteiger partial charge in [-0.25, -0.2) is 9.78 Å². The fraction of sp³-hybridized carbons (Fsp3) is 0.160. The fourth-order valence-electron chi connectivity index (χ4n) is 3.76. The van der Waals surface area contributed by atoms with Gasteiger partial charge >= 0.3 is 6.09 Å². The highest BCUT2D eigenvalue weighted by Gasteiger charge is 2.28. The number of halogens is 1. The molecule has 31 heavy (non-hydrogen) atoms. The van der Waals surface area contributed by atoms with E-state index in [1.807, 2.05) is 36.4 Å².